The molecule has 3 aromatic carbocycles. The van der Waals surface area contributed by atoms with Gasteiger partial charge in [0.15, 0.2) is 6.29 Å². The maximum absolute atomic E-state index is 12.1. The van der Waals surface area contributed by atoms with Crippen LogP contribution in [0, 0.1) is 22.0 Å². The fourth-order valence-electron chi connectivity index (χ4n) is 8.63. The van der Waals surface area contributed by atoms with Crippen LogP contribution in [0.5, 0.6) is 17.2 Å². The average Bonchev–Trinajstić information content (AvgIpc) is 3.75. The zero-order valence-corrected chi connectivity index (χ0v) is 38.4. The first-order chi connectivity index (χ1) is 27.9. The maximum atomic E-state index is 12.1. The van der Waals surface area contributed by atoms with Crippen molar-refractivity contribution in [3.8, 4) is 17.2 Å². The molecule has 4 rings (SSSR count). The summed E-state index contributed by atoms with van der Waals surface area (Å²) in [7, 11) is -2.13. The number of anilines is 1. The van der Waals surface area contributed by atoms with E-state index in [-0.39, 0.29) is 10.6 Å². The maximum Gasteiger partial charge on any atom is 0.270 e. The lowest BCUT2D eigenvalue weighted by Gasteiger charge is -2.42. The predicted octanol–water partition coefficient (Wildman–Crippen LogP) is 13.6. The Labute approximate surface area is 351 Å². The Hall–Kier alpha value is -3.60. The zero-order valence-electron chi connectivity index (χ0n) is 37.4. The minimum Gasteiger partial charge on any atom is -0.543 e. The molecule has 0 spiro atoms. The first-order valence-electron chi connectivity index (χ1n) is 22.3. The summed E-state index contributed by atoms with van der Waals surface area (Å²) in [5, 5.41) is 12.1. The second kappa shape index (κ2) is 23.3. The molecule has 1 fully saturated rings. The molecule has 0 aromatic heterocycles. The predicted molar refractivity (Wildman–Crippen MR) is 240 cm³/mol. The smallest absolute Gasteiger partial charge is 0.270 e. The van der Waals surface area contributed by atoms with Crippen molar-refractivity contribution in [1.29, 1.82) is 0 Å². The van der Waals surface area contributed by atoms with Gasteiger partial charge in [0.25, 0.3) is 14.0 Å². The molecule has 9 nitrogen and oxygen atoms in total. The number of hydrogen-bond acceptors (Lipinski definition) is 8. The molecule has 58 heavy (non-hydrogen) atoms. The molecule has 1 saturated heterocycles. The molecule has 0 saturated carbocycles. The molecule has 1 aliphatic rings. The van der Waals surface area contributed by atoms with Gasteiger partial charge in [-0.05, 0) is 83.3 Å². The van der Waals surface area contributed by atoms with Crippen LogP contribution >= 0.6 is 0 Å². The minimum atomic E-state index is -2.13. The molecule has 0 amide bonds. The molecule has 0 aliphatic carbocycles. The van der Waals surface area contributed by atoms with Crippen molar-refractivity contribution in [2.24, 2.45) is 11.8 Å². The van der Waals surface area contributed by atoms with Crippen molar-refractivity contribution >= 4 is 19.7 Å². The molecule has 0 N–H and O–H groups in total. The number of nitrogens with zero attached hydrogens (tertiary/aromatic N) is 2. The number of ether oxygens (including phenoxy) is 4. The first-order valence-corrected chi connectivity index (χ1v) is 24.4. The Morgan fingerprint density at radius 1 is 0.741 bits per heavy atom. The van der Waals surface area contributed by atoms with Gasteiger partial charge in [-0.3, -0.25) is 10.1 Å². The quantitative estimate of drug-likeness (QED) is 0.0449. The summed E-state index contributed by atoms with van der Waals surface area (Å²) in [5.41, 5.74) is 5.07. The van der Waals surface area contributed by atoms with Gasteiger partial charge in [-0.25, -0.2) is 0 Å². The second-order valence-electron chi connectivity index (χ2n) is 17.2. The van der Waals surface area contributed by atoms with Crippen LogP contribution in [0.2, 0.25) is 16.6 Å². The van der Waals surface area contributed by atoms with E-state index in [0.717, 1.165) is 78.8 Å². The number of hydrogen-bond donors (Lipinski definition) is 0. The average molecular weight is 819 g/mol. The van der Waals surface area contributed by atoms with E-state index in [1.807, 2.05) is 6.07 Å². The summed E-state index contributed by atoms with van der Waals surface area (Å²) in [4.78, 5) is 14.0. The standard InChI is InChI=1S/C48H74N2O7Si/c1-11-15-17-38(13-3)33-55-46-25-22-43(50(51)52)29-41(46)32-49(31-40-19-23-44(24-20-40)57-58(35(5)6,36(7)8)37(9)10)42-21-26-47(45(30-42)48-53-27-28-54-48)56-34-39(14-4)18-16-12-2/h19-26,29-30,35-39,48H,11-18,27-28,31-34H2,1-10H3. The lowest BCUT2D eigenvalue weighted by atomic mass is 10.0. The molecular formula is C48H74N2O7Si. The van der Waals surface area contributed by atoms with Crippen molar-refractivity contribution in [3.05, 3.63) is 87.5 Å². The summed E-state index contributed by atoms with van der Waals surface area (Å²) in [6.07, 6.45) is 8.40. The summed E-state index contributed by atoms with van der Waals surface area (Å²) < 4.78 is 32.2. The second-order valence-corrected chi connectivity index (χ2v) is 22.6. The van der Waals surface area contributed by atoms with Crippen LogP contribution in [0.1, 0.15) is 144 Å². The van der Waals surface area contributed by atoms with E-state index < -0.39 is 14.6 Å². The number of nitro benzene ring substituents is 1. The van der Waals surface area contributed by atoms with E-state index in [9.17, 15) is 10.1 Å². The van der Waals surface area contributed by atoms with E-state index >= 15 is 0 Å². The van der Waals surface area contributed by atoms with Gasteiger partial charge in [0.1, 0.15) is 17.2 Å². The van der Waals surface area contributed by atoms with Crippen molar-refractivity contribution in [2.75, 3.05) is 31.3 Å². The molecule has 1 aliphatic heterocycles. The topological polar surface area (TPSA) is 92.5 Å². The minimum absolute atomic E-state index is 0.0423. The zero-order chi connectivity index (χ0) is 42.2. The van der Waals surface area contributed by atoms with Crippen LogP contribution in [0.4, 0.5) is 11.4 Å². The largest absolute Gasteiger partial charge is 0.543 e. The molecule has 2 atom stereocenters. The Morgan fingerprint density at radius 2 is 1.29 bits per heavy atom. The fourth-order valence-corrected chi connectivity index (χ4v) is 13.9. The van der Waals surface area contributed by atoms with Gasteiger partial charge in [0.05, 0.1) is 36.9 Å². The Morgan fingerprint density at radius 3 is 1.81 bits per heavy atom. The monoisotopic (exact) mass is 819 g/mol. The van der Waals surface area contributed by atoms with Gasteiger partial charge in [0, 0.05) is 36.5 Å². The van der Waals surface area contributed by atoms with E-state index in [1.165, 1.54) is 6.42 Å². The molecule has 3 aromatic rings. The third-order valence-corrected chi connectivity index (χ3v) is 18.2. The SMILES string of the molecule is CCCCC(CC)COc1ccc([N+](=O)[O-])cc1CN(Cc1ccc(O[Si](C(C)C)(C(C)C)C(C)C)cc1)c1ccc(OCC(CC)CCCC)c(C2OCCO2)c1. The van der Waals surface area contributed by atoms with Crippen LogP contribution < -0.4 is 18.8 Å². The van der Waals surface area contributed by atoms with Gasteiger partial charge in [-0.2, -0.15) is 0 Å². The van der Waals surface area contributed by atoms with Gasteiger partial charge < -0.3 is 28.3 Å². The van der Waals surface area contributed by atoms with Crippen LogP contribution in [-0.2, 0) is 22.6 Å². The number of unbranched alkanes of at least 4 members (excludes halogenated alkanes) is 2. The number of rotatable bonds is 26. The third kappa shape index (κ3) is 12.7. The van der Waals surface area contributed by atoms with Crippen molar-refractivity contribution in [2.45, 2.75) is 157 Å². The van der Waals surface area contributed by atoms with E-state index in [0.29, 0.717) is 73.7 Å². The normalized spacial score (nSPS) is 14.6. The Kier molecular flexibility index (Phi) is 18.9. The van der Waals surface area contributed by atoms with Crippen molar-refractivity contribution in [3.63, 3.8) is 0 Å². The highest BCUT2D eigenvalue weighted by molar-refractivity contribution is 6.78. The summed E-state index contributed by atoms with van der Waals surface area (Å²) in [5.74, 6) is 3.23. The summed E-state index contributed by atoms with van der Waals surface area (Å²) in [6, 6.07) is 19.7. The molecule has 1 heterocycles. The summed E-state index contributed by atoms with van der Waals surface area (Å²) >= 11 is 0. The van der Waals surface area contributed by atoms with Crippen LogP contribution in [0.15, 0.2) is 60.7 Å². The summed E-state index contributed by atoms with van der Waals surface area (Å²) in [6.45, 7) is 25.8. The number of non-ortho nitro benzene ring substituents is 1. The van der Waals surface area contributed by atoms with Crippen LogP contribution in [0.25, 0.3) is 0 Å². The Balaban J connectivity index is 1.75. The van der Waals surface area contributed by atoms with E-state index in [4.69, 9.17) is 23.4 Å². The highest BCUT2D eigenvalue weighted by Crippen LogP contribution is 2.43. The molecule has 0 bridgehead atoms. The van der Waals surface area contributed by atoms with Gasteiger partial charge in [0.2, 0.25) is 0 Å². The van der Waals surface area contributed by atoms with Gasteiger partial charge >= 0.3 is 0 Å². The lowest BCUT2D eigenvalue weighted by Crippen LogP contribution is -2.50. The Bertz CT molecular complexity index is 1650. The third-order valence-electron chi connectivity index (χ3n) is 12.2. The highest BCUT2D eigenvalue weighted by atomic mass is 28.4. The lowest BCUT2D eigenvalue weighted by molar-refractivity contribution is -0.384. The molecular weight excluding hydrogens is 745 g/mol. The first kappa shape index (κ1) is 47.1. The molecule has 10 heteroatoms. The van der Waals surface area contributed by atoms with Crippen LogP contribution in [0.3, 0.4) is 0 Å². The fraction of sp³-hybridized carbons (Fsp3) is 0.625. The highest BCUT2D eigenvalue weighted by Gasteiger charge is 2.47. The van der Waals surface area contributed by atoms with Gasteiger partial charge in [-0.1, -0.05) is 120 Å². The number of benzene rings is 3. The van der Waals surface area contributed by atoms with E-state index in [2.05, 4.69) is 111 Å². The van der Waals surface area contributed by atoms with Crippen LogP contribution in [-0.4, -0.2) is 39.7 Å². The molecule has 2 unspecified atom stereocenters. The van der Waals surface area contributed by atoms with Crippen molar-refractivity contribution < 1.29 is 28.3 Å². The number of nitro groups is 1. The molecule has 322 valence electrons. The molecule has 0 radical (unpaired) electrons. The van der Waals surface area contributed by atoms with E-state index in [1.54, 1.807) is 18.2 Å². The van der Waals surface area contributed by atoms with Gasteiger partial charge in [-0.15, -0.1) is 0 Å². The van der Waals surface area contributed by atoms with Crippen molar-refractivity contribution in [1.82, 2.24) is 0 Å².